The topological polar surface area (TPSA) is 51.2 Å². The van der Waals surface area contributed by atoms with Gasteiger partial charge in [0.25, 0.3) is 0 Å². The number of anilines is 1. The minimum absolute atomic E-state index is 0.639. The molecule has 0 saturated carbocycles. The molecule has 1 aromatic rings. The fourth-order valence-electron chi connectivity index (χ4n) is 1.28. The van der Waals surface area contributed by atoms with E-state index in [9.17, 15) is 4.21 Å². The Kier molecular flexibility index (Phi) is 6.62. The molecule has 0 aromatic carbocycles. The molecule has 0 saturated heterocycles. The lowest BCUT2D eigenvalue weighted by atomic mass is 10.4. The molecule has 0 aliphatic heterocycles. The van der Waals surface area contributed by atoms with Gasteiger partial charge in [-0.25, -0.2) is 4.98 Å². The van der Waals surface area contributed by atoms with Crippen molar-refractivity contribution >= 4 is 16.6 Å². The summed E-state index contributed by atoms with van der Waals surface area (Å²) in [5, 5.41) is 3.16. The van der Waals surface area contributed by atoms with Gasteiger partial charge in [-0.2, -0.15) is 0 Å². The van der Waals surface area contributed by atoms with Gasteiger partial charge in [-0.3, -0.25) is 4.21 Å². The summed E-state index contributed by atoms with van der Waals surface area (Å²) in [6.45, 7) is 5.32. The lowest BCUT2D eigenvalue weighted by Crippen LogP contribution is -2.13. The van der Waals surface area contributed by atoms with E-state index < -0.39 is 10.8 Å². The summed E-state index contributed by atoms with van der Waals surface area (Å²) in [4.78, 5) is 4.22. The predicted molar refractivity (Wildman–Crippen MR) is 72.1 cm³/mol. The normalized spacial score (nSPS) is 12.1. The number of aromatic nitrogens is 1. The SMILES string of the molecule is CCCOc1cccnc1NCCS(=O)CC. The van der Waals surface area contributed by atoms with E-state index in [0.717, 1.165) is 18.0 Å². The van der Waals surface area contributed by atoms with Crippen LogP contribution in [0.25, 0.3) is 0 Å². The Hall–Kier alpha value is -1.10. The summed E-state index contributed by atoms with van der Waals surface area (Å²) >= 11 is 0. The predicted octanol–water partition coefficient (Wildman–Crippen LogP) is 2.05. The first-order valence-corrected chi connectivity index (χ1v) is 7.43. The summed E-state index contributed by atoms with van der Waals surface area (Å²) in [6.07, 6.45) is 2.69. The van der Waals surface area contributed by atoms with Crippen molar-refractivity contribution in [3.05, 3.63) is 18.3 Å². The van der Waals surface area contributed by atoms with Crippen molar-refractivity contribution in [1.82, 2.24) is 4.98 Å². The third kappa shape index (κ3) is 5.17. The largest absolute Gasteiger partial charge is 0.490 e. The molecule has 17 heavy (non-hydrogen) atoms. The van der Waals surface area contributed by atoms with E-state index in [-0.39, 0.29) is 0 Å². The van der Waals surface area contributed by atoms with Crippen LogP contribution in [0.4, 0.5) is 5.82 Å². The van der Waals surface area contributed by atoms with Crippen LogP contribution in [0.5, 0.6) is 5.75 Å². The van der Waals surface area contributed by atoms with Crippen molar-refractivity contribution in [2.45, 2.75) is 20.3 Å². The molecule has 1 heterocycles. The zero-order chi connectivity index (χ0) is 12.5. The molecule has 96 valence electrons. The fourth-order valence-corrected chi connectivity index (χ4v) is 1.90. The van der Waals surface area contributed by atoms with Crippen molar-refractivity contribution in [1.29, 1.82) is 0 Å². The second kappa shape index (κ2) is 8.06. The average Bonchev–Trinajstić information content (AvgIpc) is 2.37. The highest BCUT2D eigenvalue weighted by Crippen LogP contribution is 2.20. The van der Waals surface area contributed by atoms with Crippen LogP contribution in [-0.2, 0) is 10.8 Å². The molecular formula is C12H20N2O2S. The fraction of sp³-hybridized carbons (Fsp3) is 0.583. The molecule has 0 bridgehead atoms. The van der Waals surface area contributed by atoms with Gasteiger partial charge in [-0.15, -0.1) is 0 Å². The van der Waals surface area contributed by atoms with E-state index >= 15 is 0 Å². The van der Waals surface area contributed by atoms with E-state index in [1.807, 2.05) is 19.1 Å². The first-order chi connectivity index (χ1) is 8.27. The molecule has 1 rings (SSSR count). The zero-order valence-corrected chi connectivity index (χ0v) is 11.3. The van der Waals surface area contributed by atoms with E-state index in [1.54, 1.807) is 6.20 Å². The number of nitrogens with zero attached hydrogens (tertiary/aromatic N) is 1. The van der Waals surface area contributed by atoms with Crippen LogP contribution in [0.15, 0.2) is 18.3 Å². The average molecular weight is 256 g/mol. The van der Waals surface area contributed by atoms with Gasteiger partial charge in [-0.05, 0) is 18.6 Å². The summed E-state index contributed by atoms with van der Waals surface area (Å²) in [6, 6.07) is 3.74. The van der Waals surface area contributed by atoms with Crippen molar-refractivity contribution in [2.24, 2.45) is 0 Å². The number of nitrogens with one attached hydrogen (secondary N) is 1. The number of rotatable bonds is 8. The van der Waals surface area contributed by atoms with Crippen molar-refractivity contribution in [3.63, 3.8) is 0 Å². The molecule has 1 aromatic heterocycles. The molecule has 0 radical (unpaired) electrons. The molecule has 1 unspecified atom stereocenters. The maximum Gasteiger partial charge on any atom is 0.168 e. The number of hydrogen-bond donors (Lipinski definition) is 1. The van der Waals surface area contributed by atoms with Crippen LogP contribution < -0.4 is 10.1 Å². The summed E-state index contributed by atoms with van der Waals surface area (Å²) in [7, 11) is -0.744. The molecule has 0 aliphatic rings. The third-order valence-electron chi connectivity index (χ3n) is 2.18. The van der Waals surface area contributed by atoms with E-state index in [2.05, 4.69) is 17.2 Å². The van der Waals surface area contributed by atoms with Crippen LogP contribution >= 0.6 is 0 Å². The zero-order valence-electron chi connectivity index (χ0n) is 10.4. The van der Waals surface area contributed by atoms with Crippen LogP contribution in [0.2, 0.25) is 0 Å². The minimum Gasteiger partial charge on any atom is -0.490 e. The van der Waals surface area contributed by atoms with Gasteiger partial charge >= 0.3 is 0 Å². The van der Waals surface area contributed by atoms with Gasteiger partial charge in [0.15, 0.2) is 11.6 Å². The van der Waals surface area contributed by atoms with Gasteiger partial charge in [0, 0.05) is 35.0 Å². The molecule has 1 atom stereocenters. The molecule has 4 nitrogen and oxygen atoms in total. The van der Waals surface area contributed by atoms with Crippen LogP contribution in [0, 0.1) is 0 Å². The Balaban J connectivity index is 2.48. The van der Waals surface area contributed by atoms with Crippen molar-refractivity contribution in [2.75, 3.05) is 30.0 Å². The van der Waals surface area contributed by atoms with E-state index in [0.29, 0.717) is 24.7 Å². The van der Waals surface area contributed by atoms with Gasteiger partial charge < -0.3 is 10.1 Å². The molecule has 1 N–H and O–H groups in total. The van der Waals surface area contributed by atoms with Crippen LogP contribution in [0.1, 0.15) is 20.3 Å². The van der Waals surface area contributed by atoms with E-state index in [1.165, 1.54) is 0 Å². The lowest BCUT2D eigenvalue weighted by molar-refractivity contribution is 0.318. The van der Waals surface area contributed by atoms with Crippen molar-refractivity contribution in [3.8, 4) is 5.75 Å². The summed E-state index contributed by atoms with van der Waals surface area (Å²) in [5.41, 5.74) is 0. The smallest absolute Gasteiger partial charge is 0.168 e. The number of pyridine rings is 1. The van der Waals surface area contributed by atoms with Gasteiger partial charge in [0.2, 0.25) is 0 Å². The Morgan fingerprint density at radius 1 is 1.47 bits per heavy atom. The Morgan fingerprint density at radius 3 is 3.00 bits per heavy atom. The van der Waals surface area contributed by atoms with Gasteiger partial charge in [0.05, 0.1) is 6.61 Å². The van der Waals surface area contributed by atoms with Crippen LogP contribution in [-0.4, -0.2) is 33.9 Å². The highest BCUT2D eigenvalue weighted by atomic mass is 32.2. The van der Waals surface area contributed by atoms with E-state index in [4.69, 9.17) is 4.74 Å². The molecule has 0 amide bonds. The quantitative estimate of drug-likeness (QED) is 0.773. The van der Waals surface area contributed by atoms with Gasteiger partial charge in [-0.1, -0.05) is 13.8 Å². The van der Waals surface area contributed by atoms with Crippen LogP contribution in [0.3, 0.4) is 0 Å². The second-order valence-corrected chi connectivity index (χ2v) is 5.42. The monoisotopic (exact) mass is 256 g/mol. The standard InChI is InChI=1S/C12H20N2O2S/c1-3-9-16-11-6-5-7-13-12(11)14-8-10-17(15)4-2/h5-7H,3-4,8-10H2,1-2H3,(H,13,14). The molecular weight excluding hydrogens is 236 g/mol. The minimum atomic E-state index is -0.744. The molecule has 0 fully saturated rings. The van der Waals surface area contributed by atoms with Crippen molar-refractivity contribution < 1.29 is 8.95 Å². The summed E-state index contributed by atoms with van der Waals surface area (Å²) in [5.74, 6) is 2.83. The molecule has 5 heteroatoms. The lowest BCUT2D eigenvalue weighted by Gasteiger charge is -2.11. The second-order valence-electron chi connectivity index (χ2n) is 3.56. The summed E-state index contributed by atoms with van der Waals surface area (Å²) < 4.78 is 16.8. The molecule has 0 aliphatic carbocycles. The Morgan fingerprint density at radius 2 is 2.29 bits per heavy atom. The van der Waals surface area contributed by atoms with Gasteiger partial charge in [0.1, 0.15) is 0 Å². The highest BCUT2D eigenvalue weighted by molar-refractivity contribution is 7.84. The number of ether oxygens (including phenoxy) is 1. The Labute approximate surface area is 105 Å². The third-order valence-corrected chi connectivity index (χ3v) is 3.48. The first kappa shape index (κ1) is 14.0. The first-order valence-electron chi connectivity index (χ1n) is 5.94. The highest BCUT2D eigenvalue weighted by Gasteiger charge is 2.04. The molecule has 0 spiro atoms. The maximum absolute atomic E-state index is 11.3. The number of hydrogen-bond acceptors (Lipinski definition) is 4. The Bertz CT molecular complexity index is 358. The maximum atomic E-state index is 11.3.